The first-order valence-corrected chi connectivity index (χ1v) is 10.5. The van der Waals surface area contributed by atoms with Crippen molar-refractivity contribution < 1.29 is 4.74 Å². The van der Waals surface area contributed by atoms with Gasteiger partial charge in [0.2, 0.25) is 0 Å². The van der Waals surface area contributed by atoms with Gasteiger partial charge in [0.15, 0.2) is 5.82 Å². The summed E-state index contributed by atoms with van der Waals surface area (Å²) in [6.45, 7) is 8.00. The van der Waals surface area contributed by atoms with Crippen molar-refractivity contribution in [3.8, 4) is 22.9 Å². The lowest BCUT2D eigenvalue weighted by Gasteiger charge is -2.13. The van der Waals surface area contributed by atoms with E-state index >= 15 is 0 Å². The number of nitrogens with one attached hydrogen (secondary N) is 1. The summed E-state index contributed by atoms with van der Waals surface area (Å²) < 4.78 is 6.00. The zero-order valence-corrected chi connectivity index (χ0v) is 18.2. The molecule has 0 saturated carbocycles. The van der Waals surface area contributed by atoms with E-state index in [1.165, 1.54) is 0 Å². The van der Waals surface area contributed by atoms with Crippen LogP contribution in [0, 0.1) is 0 Å². The van der Waals surface area contributed by atoms with Crippen molar-refractivity contribution >= 4 is 16.7 Å². The Morgan fingerprint density at radius 1 is 0.906 bits per heavy atom. The van der Waals surface area contributed by atoms with Crippen molar-refractivity contribution in [2.75, 3.05) is 5.32 Å². The maximum atomic E-state index is 6.00. The van der Waals surface area contributed by atoms with Crippen LogP contribution >= 0.6 is 0 Å². The van der Waals surface area contributed by atoms with Crippen LogP contribution in [0.4, 0.5) is 5.82 Å². The summed E-state index contributed by atoms with van der Waals surface area (Å²) in [4.78, 5) is 9.66. The molecule has 1 aromatic heterocycles. The standard InChI is InChI=1S/C28H25N3O/c1-4-20(3)18-22(5-2)29-28-25-16-9-10-17-26(25)30-27(31-28)21-12-11-15-24(19-21)32-23-13-7-6-8-14-23/h4-19H,2H2,1,3H3,(H,29,30,31)/b20-4-,22-18+. The van der Waals surface area contributed by atoms with Gasteiger partial charge < -0.3 is 10.1 Å². The summed E-state index contributed by atoms with van der Waals surface area (Å²) in [5, 5.41) is 4.36. The minimum absolute atomic E-state index is 0.621. The predicted molar refractivity (Wildman–Crippen MR) is 133 cm³/mol. The average molecular weight is 420 g/mol. The molecule has 0 fully saturated rings. The molecule has 4 heteroatoms. The molecule has 0 aliphatic heterocycles. The first kappa shape index (κ1) is 21.1. The van der Waals surface area contributed by atoms with Gasteiger partial charge in [0.05, 0.1) is 5.52 Å². The molecule has 0 aliphatic carbocycles. The fourth-order valence-corrected chi connectivity index (χ4v) is 3.24. The smallest absolute Gasteiger partial charge is 0.162 e. The van der Waals surface area contributed by atoms with Crippen LogP contribution in [0.1, 0.15) is 13.8 Å². The van der Waals surface area contributed by atoms with Crippen molar-refractivity contribution in [2.24, 2.45) is 0 Å². The third kappa shape index (κ3) is 4.93. The van der Waals surface area contributed by atoms with E-state index in [1.807, 2.05) is 105 Å². The van der Waals surface area contributed by atoms with Gasteiger partial charge in [-0.2, -0.15) is 0 Å². The molecule has 0 aliphatic rings. The molecule has 0 bridgehead atoms. The Hall–Kier alpha value is -4.18. The maximum Gasteiger partial charge on any atom is 0.162 e. The summed E-state index contributed by atoms with van der Waals surface area (Å²) in [5.41, 5.74) is 3.75. The molecular formula is C28H25N3O. The topological polar surface area (TPSA) is 47.0 Å². The first-order chi connectivity index (χ1) is 15.7. The predicted octanol–water partition coefficient (Wildman–Crippen LogP) is 7.54. The molecule has 3 aromatic carbocycles. The van der Waals surface area contributed by atoms with Gasteiger partial charge in [0.1, 0.15) is 17.3 Å². The Morgan fingerprint density at radius 2 is 1.66 bits per heavy atom. The van der Waals surface area contributed by atoms with E-state index < -0.39 is 0 Å². The van der Waals surface area contributed by atoms with Crippen LogP contribution in [0.3, 0.4) is 0 Å². The van der Waals surface area contributed by atoms with Gasteiger partial charge in [0.25, 0.3) is 0 Å². The van der Waals surface area contributed by atoms with Crippen molar-refractivity contribution in [3.63, 3.8) is 0 Å². The summed E-state index contributed by atoms with van der Waals surface area (Å²) in [5.74, 6) is 2.87. The number of fused-ring (bicyclic) bond motifs is 1. The number of aromatic nitrogens is 2. The number of nitrogens with zero attached hydrogens (tertiary/aromatic N) is 2. The van der Waals surface area contributed by atoms with Crippen molar-refractivity contribution in [2.45, 2.75) is 13.8 Å². The van der Waals surface area contributed by atoms with Crippen LogP contribution in [0.2, 0.25) is 0 Å². The molecule has 1 N–H and O–H groups in total. The van der Waals surface area contributed by atoms with E-state index in [0.29, 0.717) is 5.82 Å². The van der Waals surface area contributed by atoms with Crippen molar-refractivity contribution in [1.82, 2.24) is 9.97 Å². The molecule has 4 nitrogen and oxygen atoms in total. The van der Waals surface area contributed by atoms with Crippen LogP contribution in [0.25, 0.3) is 22.3 Å². The minimum atomic E-state index is 0.621. The lowest BCUT2D eigenvalue weighted by atomic mass is 10.1. The van der Waals surface area contributed by atoms with E-state index in [4.69, 9.17) is 14.7 Å². The van der Waals surface area contributed by atoms with Gasteiger partial charge in [-0.1, -0.05) is 60.7 Å². The number of anilines is 1. The molecule has 0 spiro atoms. The van der Waals surface area contributed by atoms with E-state index in [-0.39, 0.29) is 0 Å². The van der Waals surface area contributed by atoms with Gasteiger partial charge in [-0.3, -0.25) is 0 Å². The average Bonchev–Trinajstić information content (AvgIpc) is 2.84. The van der Waals surface area contributed by atoms with Crippen LogP contribution in [-0.2, 0) is 0 Å². The summed E-state index contributed by atoms with van der Waals surface area (Å²) in [6, 6.07) is 25.5. The molecule has 0 radical (unpaired) electrons. The van der Waals surface area contributed by atoms with Crippen LogP contribution in [0.15, 0.2) is 115 Å². The number of benzene rings is 3. The highest BCUT2D eigenvalue weighted by Crippen LogP contribution is 2.29. The number of para-hydroxylation sites is 2. The fraction of sp³-hybridized carbons (Fsp3) is 0.0714. The number of allylic oxidation sites excluding steroid dienone is 4. The zero-order chi connectivity index (χ0) is 22.3. The first-order valence-electron chi connectivity index (χ1n) is 10.5. The van der Waals surface area contributed by atoms with Gasteiger partial charge in [0, 0.05) is 16.6 Å². The Balaban J connectivity index is 1.75. The van der Waals surface area contributed by atoms with Gasteiger partial charge in [-0.15, -0.1) is 0 Å². The van der Waals surface area contributed by atoms with Crippen LogP contribution < -0.4 is 10.1 Å². The quantitative estimate of drug-likeness (QED) is 0.314. The highest BCUT2D eigenvalue weighted by Gasteiger charge is 2.11. The second-order valence-corrected chi connectivity index (χ2v) is 7.32. The van der Waals surface area contributed by atoms with Gasteiger partial charge in [-0.05, 0) is 62.4 Å². The maximum absolute atomic E-state index is 6.00. The molecule has 158 valence electrons. The Labute approximate surface area is 188 Å². The number of rotatable bonds is 7. The Bertz CT molecular complexity index is 1310. The third-order valence-electron chi connectivity index (χ3n) is 5.00. The Morgan fingerprint density at radius 3 is 2.44 bits per heavy atom. The van der Waals surface area contributed by atoms with E-state index in [9.17, 15) is 0 Å². The minimum Gasteiger partial charge on any atom is -0.457 e. The largest absolute Gasteiger partial charge is 0.457 e. The fourth-order valence-electron chi connectivity index (χ4n) is 3.24. The van der Waals surface area contributed by atoms with E-state index in [1.54, 1.807) is 6.08 Å². The molecule has 4 rings (SSSR count). The van der Waals surface area contributed by atoms with Crippen LogP contribution in [0.5, 0.6) is 11.5 Å². The molecule has 0 amide bonds. The summed E-state index contributed by atoms with van der Waals surface area (Å²) >= 11 is 0. The highest BCUT2D eigenvalue weighted by atomic mass is 16.5. The summed E-state index contributed by atoms with van der Waals surface area (Å²) in [6.07, 6.45) is 5.88. The number of hydrogen-bond donors (Lipinski definition) is 1. The number of hydrogen-bond acceptors (Lipinski definition) is 4. The molecule has 4 aromatic rings. The molecular weight excluding hydrogens is 394 g/mol. The van der Waals surface area contributed by atoms with Crippen LogP contribution in [-0.4, -0.2) is 9.97 Å². The zero-order valence-electron chi connectivity index (χ0n) is 18.2. The lowest BCUT2D eigenvalue weighted by molar-refractivity contribution is 0.483. The second kappa shape index (κ2) is 9.75. The summed E-state index contributed by atoms with van der Waals surface area (Å²) in [7, 11) is 0. The van der Waals surface area contributed by atoms with Gasteiger partial charge >= 0.3 is 0 Å². The number of ether oxygens (including phenoxy) is 1. The van der Waals surface area contributed by atoms with E-state index in [0.717, 1.165) is 45.1 Å². The third-order valence-corrected chi connectivity index (χ3v) is 5.00. The van der Waals surface area contributed by atoms with Crippen molar-refractivity contribution in [3.05, 3.63) is 115 Å². The molecule has 1 heterocycles. The SMILES string of the molecule is C=C/C(=C\C(C)=C/C)Nc1nc(-c2cccc(Oc3ccccc3)c2)nc2ccccc12. The highest BCUT2D eigenvalue weighted by molar-refractivity contribution is 5.91. The molecule has 0 unspecified atom stereocenters. The normalized spacial score (nSPS) is 11.9. The monoisotopic (exact) mass is 419 g/mol. The van der Waals surface area contributed by atoms with Gasteiger partial charge in [-0.25, -0.2) is 9.97 Å². The Kier molecular flexibility index (Phi) is 6.42. The lowest BCUT2D eigenvalue weighted by Crippen LogP contribution is -2.03. The van der Waals surface area contributed by atoms with E-state index in [2.05, 4.69) is 11.9 Å². The molecule has 0 saturated heterocycles. The molecule has 0 atom stereocenters. The second-order valence-electron chi connectivity index (χ2n) is 7.32. The van der Waals surface area contributed by atoms with Crippen molar-refractivity contribution in [1.29, 1.82) is 0 Å². The molecule has 32 heavy (non-hydrogen) atoms.